The van der Waals surface area contributed by atoms with E-state index in [1.165, 1.54) is 7.11 Å². The number of pyridine rings is 1. The number of thiazole rings is 1. The van der Waals surface area contributed by atoms with Gasteiger partial charge in [-0.05, 0) is 26.0 Å². The maximum atomic E-state index is 12.5. The van der Waals surface area contributed by atoms with Crippen molar-refractivity contribution in [2.45, 2.75) is 13.8 Å². The number of carbonyl (C=O) groups excluding carboxylic acids is 2. The fraction of sp³-hybridized carbons (Fsp3) is 0.158. The Morgan fingerprint density at radius 3 is 2.38 bits per heavy atom. The van der Waals surface area contributed by atoms with Crippen molar-refractivity contribution in [3.8, 4) is 11.3 Å². The molecule has 0 aliphatic rings. The van der Waals surface area contributed by atoms with Crippen LogP contribution in [0.2, 0.25) is 0 Å². The van der Waals surface area contributed by atoms with Crippen molar-refractivity contribution in [1.29, 1.82) is 0 Å². The van der Waals surface area contributed by atoms with Crippen molar-refractivity contribution in [1.82, 2.24) is 9.97 Å². The lowest BCUT2D eigenvalue weighted by molar-refractivity contribution is 0.0605. The molecule has 0 fully saturated rings. The van der Waals surface area contributed by atoms with Crippen molar-refractivity contribution < 1.29 is 14.3 Å². The largest absolute Gasteiger partial charge is 0.465 e. The second-order valence-electron chi connectivity index (χ2n) is 5.57. The Bertz CT molecular complexity index is 967. The molecule has 132 valence electrons. The number of nitrogens with one attached hydrogen (secondary N) is 1. The molecule has 3 rings (SSSR count). The van der Waals surface area contributed by atoms with Gasteiger partial charge in [-0.15, -0.1) is 0 Å². The highest BCUT2D eigenvalue weighted by atomic mass is 32.1. The molecular formula is C19H17N3O3S. The number of hydrogen-bond acceptors (Lipinski definition) is 6. The maximum Gasteiger partial charge on any atom is 0.350 e. The first-order chi connectivity index (χ1) is 12.5. The van der Waals surface area contributed by atoms with E-state index in [-0.39, 0.29) is 5.91 Å². The summed E-state index contributed by atoms with van der Waals surface area (Å²) in [6.07, 6.45) is 0. The number of methoxy groups -OCH3 is 1. The molecule has 1 aromatic carbocycles. The van der Waals surface area contributed by atoms with Crippen molar-refractivity contribution in [3.05, 3.63) is 64.3 Å². The predicted octanol–water partition coefficient (Wildman–Crippen LogP) is 3.86. The summed E-state index contributed by atoms with van der Waals surface area (Å²) in [5, 5.41) is 3.07. The second kappa shape index (κ2) is 7.45. The van der Waals surface area contributed by atoms with Crippen LogP contribution >= 0.6 is 11.3 Å². The first kappa shape index (κ1) is 17.8. The van der Waals surface area contributed by atoms with Crippen LogP contribution in [-0.2, 0) is 4.74 Å². The van der Waals surface area contributed by atoms with Gasteiger partial charge in [-0.2, -0.15) is 0 Å². The quantitative estimate of drug-likeness (QED) is 0.708. The molecule has 1 amide bonds. The molecule has 0 bridgehead atoms. The lowest BCUT2D eigenvalue weighted by atomic mass is 10.1. The van der Waals surface area contributed by atoms with Crippen LogP contribution < -0.4 is 5.32 Å². The number of esters is 1. The van der Waals surface area contributed by atoms with Gasteiger partial charge in [0.1, 0.15) is 4.88 Å². The fourth-order valence-electron chi connectivity index (χ4n) is 2.47. The van der Waals surface area contributed by atoms with Crippen molar-refractivity contribution in [2.75, 3.05) is 12.4 Å². The Hall–Kier alpha value is -3.06. The van der Waals surface area contributed by atoms with E-state index < -0.39 is 5.97 Å². The van der Waals surface area contributed by atoms with Crippen LogP contribution in [0.25, 0.3) is 11.3 Å². The number of hydrogen-bond donors (Lipinski definition) is 1. The average Bonchev–Trinajstić information content (AvgIpc) is 3.01. The van der Waals surface area contributed by atoms with Gasteiger partial charge in [-0.3, -0.25) is 15.1 Å². The minimum Gasteiger partial charge on any atom is -0.465 e. The molecule has 0 aliphatic carbocycles. The van der Waals surface area contributed by atoms with Gasteiger partial charge in [0.25, 0.3) is 5.91 Å². The van der Waals surface area contributed by atoms with Gasteiger partial charge in [-0.25, -0.2) is 9.78 Å². The summed E-state index contributed by atoms with van der Waals surface area (Å²) in [4.78, 5) is 33.3. The van der Waals surface area contributed by atoms with E-state index in [1.54, 1.807) is 19.9 Å². The molecule has 7 heteroatoms. The van der Waals surface area contributed by atoms with Crippen LogP contribution in [0, 0.1) is 13.8 Å². The number of aryl methyl sites for hydroxylation is 2. The summed E-state index contributed by atoms with van der Waals surface area (Å²) in [5.41, 5.74) is 3.38. The van der Waals surface area contributed by atoms with Crippen molar-refractivity contribution in [2.24, 2.45) is 0 Å². The topological polar surface area (TPSA) is 81.2 Å². The van der Waals surface area contributed by atoms with Gasteiger partial charge in [0, 0.05) is 5.56 Å². The van der Waals surface area contributed by atoms with Crippen molar-refractivity contribution >= 4 is 28.3 Å². The smallest absolute Gasteiger partial charge is 0.350 e. The van der Waals surface area contributed by atoms with Gasteiger partial charge in [0.05, 0.1) is 29.8 Å². The minimum atomic E-state index is -0.467. The van der Waals surface area contributed by atoms with Crippen LogP contribution in [0.15, 0.2) is 42.5 Å². The zero-order valence-corrected chi connectivity index (χ0v) is 15.4. The number of ether oxygens (including phenoxy) is 1. The highest BCUT2D eigenvalue weighted by Crippen LogP contribution is 2.24. The molecule has 0 spiro atoms. The summed E-state index contributed by atoms with van der Waals surface area (Å²) < 4.78 is 4.70. The zero-order valence-electron chi connectivity index (χ0n) is 14.6. The highest BCUT2D eigenvalue weighted by Gasteiger charge is 2.18. The SMILES string of the molecule is COC(=O)c1sc(NC(=O)c2ccc(-c3ccccc3)nc2C)nc1C. The van der Waals surface area contributed by atoms with Crippen LogP contribution in [0.5, 0.6) is 0 Å². The monoisotopic (exact) mass is 367 g/mol. The standard InChI is InChI=1S/C19H17N3O3S/c1-11-14(9-10-15(20-11)13-7-5-4-6-8-13)17(23)22-19-21-12(2)16(26-19)18(24)25-3/h4-10H,1-3H3,(H,21,22,23). The highest BCUT2D eigenvalue weighted by molar-refractivity contribution is 7.17. The summed E-state index contributed by atoms with van der Waals surface area (Å²) >= 11 is 1.08. The third kappa shape index (κ3) is 3.62. The van der Waals surface area contributed by atoms with Crippen LogP contribution in [0.4, 0.5) is 5.13 Å². The Kier molecular flexibility index (Phi) is 5.09. The minimum absolute atomic E-state index is 0.320. The molecule has 0 radical (unpaired) electrons. The number of carbonyl (C=O) groups is 2. The Balaban J connectivity index is 1.81. The van der Waals surface area contributed by atoms with Gasteiger partial charge >= 0.3 is 5.97 Å². The van der Waals surface area contributed by atoms with Crippen molar-refractivity contribution in [3.63, 3.8) is 0 Å². The molecule has 1 N–H and O–H groups in total. The second-order valence-corrected chi connectivity index (χ2v) is 6.57. The molecule has 0 saturated carbocycles. The number of aromatic nitrogens is 2. The van der Waals surface area contributed by atoms with Crippen LogP contribution in [-0.4, -0.2) is 29.0 Å². The molecule has 2 heterocycles. The average molecular weight is 367 g/mol. The first-order valence-electron chi connectivity index (χ1n) is 7.89. The van der Waals surface area contributed by atoms with Crippen LogP contribution in [0.1, 0.15) is 31.4 Å². The summed E-state index contributed by atoms with van der Waals surface area (Å²) in [5.74, 6) is -0.787. The van der Waals surface area contributed by atoms with E-state index in [2.05, 4.69) is 15.3 Å². The Morgan fingerprint density at radius 1 is 1.00 bits per heavy atom. The Morgan fingerprint density at radius 2 is 1.73 bits per heavy atom. The lowest BCUT2D eigenvalue weighted by Crippen LogP contribution is -2.14. The fourth-order valence-corrected chi connectivity index (χ4v) is 3.35. The summed E-state index contributed by atoms with van der Waals surface area (Å²) in [7, 11) is 1.31. The molecule has 6 nitrogen and oxygen atoms in total. The number of nitrogens with zero attached hydrogens (tertiary/aromatic N) is 2. The maximum absolute atomic E-state index is 12.5. The van der Waals surface area contributed by atoms with Gasteiger partial charge in [-0.1, -0.05) is 41.7 Å². The molecule has 0 aliphatic heterocycles. The van der Waals surface area contributed by atoms with E-state index in [0.717, 1.165) is 22.6 Å². The summed E-state index contributed by atoms with van der Waals surface area (Å²) in [6.45, 7) is 3.48. The molecule has 0 atom stereocenters. The number of rotatable bonds is 4. The number of amides is 1. The summed E-state index contributed by atoms with van der Waals surface area (Å²) in [6, 6.07) is 13.3. The van der Waals surface area contributed by atoms with E-state index in [9.17, 15) is 9.59 Å². The predicted molar refractivity (Wildman–Crippen MR) is 101 cm³/mol. The zero-order chi connectivity index (χ0) is 18.7. The van der Waals surface area contributed by atoms with E-state index in [4.69, 9.17) is 4.74 Å². The number of benzene rings is 1. The normalized spacial score (nSPS) is 10.4. The van der Waals surface area contributed by atoms with Gasteiger partial charge < -0.3 is 4.74 Å². The van der Waals surface area contributed by atoms with E-state index in [0.29, 0.717) is 27.0 Å². The molecule has 2 aromatic heterocycles. The molecule has 3 aromatic rings. The third-order valence-electron chi connectivity index (χ3n) is 3.79. The van der Waals surface area contributed by atoms with Gasteiger partial charge in [0.2, 0.25) is 0 Å². The van der Waals surface area contributed by atoms with Gasteiger partial charge in [0.15, 0.2) is 5.13 Å². The molecular weight excluding hydrogens is 350 g/mol. The van der Waals surface area contributed by atoms with Crippen LogP contribution in [0.3, 0.4) is 0 Å². The third-order valence-corrected chi connectivity index (χ3v) is 4.84. The Labute approximate surface area is 154 Å². The lowest BCUT2D eigenvalue weighted by Gasteiger charge is -2.07. The first-order valence-corrected chi connectivity index (χ1v) is 8.71. The molecule has 0 unspecified atom stereocenters. The molecule has 26 heavy (non-hydrogen) atoms. The van der Waals surface area contributed by atoms with E-state index >= 15 is 0 Å². The molecule has 0 saturated heterocycles. The van der Waals surface area contributed by atoms with E-state index in [1.807, 2.05) is 36.4 Å². The number of anilines is 1.